The van der Waals surface area contributed by atoms with Crippen molar-refractivity contribution in [1.29, 1.82) is 0 Å². The van der Waals surface area contributed by atoms with Gasteiger partial charge < -0.3 is 5.73 Å². The molecule has 2 N–H and O–H groups in total. The highest BCUT2D eigenvalue weighted by atomic mass is 32.1. The number of rotatable bonds is 1. The van der Waals surface area contributed by atoms with Gasteiger partial charge in [0.2, 0.25) is 0 Å². The maximum Gasteiger partial charge on any atom is 0.186 e. The Balaban J connectivity index is 2.11. The van der Waals surface area contributed by atoms with Crippen molar-refractivity contribution < 1.29 is 0 Å². The van der Waals surface area contributed by atoms with E-state index in [2.05, 4.69) is 17.2 Å². The lowest BCUT2D eigenvalue weighted by molar-refractivity contribution is 0.479. The molecule has 1 aliphatic heterocycles. The van der Waals surface area contributed by atoms with Crippen molar-refractivity contribution in [2.24, 2.45) is 10.8 Å². The smallest absolute Gasteiger partial charge is 0.186 e. The fraction of sp³-hybridized carbons (Fsp3) is 0.200. The maximum atomic E-state index is 5.48. The number of hydrogen-bond donors (Lipinski definition) is 1. The van der Waals surface area contributed by atoms with Gasteiger partial charge in [-0.15, -0.1) is 0 Å². The van der Waals surface area contributed by atoms with E-state index in [9.17, 15) is 0 Å². The first-order valence-corrected chi connectivity index (χ1v) is 4.84. The second-order valence-electron chi connectivity index (χ2n) is 3.20. The Morgan fingerprint density at radius 1 is 1.43 bits per heavy atom. The van der Waals surface area contributed by atoms with Gasteiger partial charge in [-0.2, -0.15) is 5.10 Å². The van der Waals surface area contributed by atoms with Crippen LogP contribution in [-0.2, 0) is 0 Å². The molecule has 72 valence electrons. The zero-order chi connectivity index (χ0) is 9.97. The van der Waals surface area contributed by atoms with Gasteiger partial charge >= 0.3 is 0 Å². The molecule has 1 aliphatic rings. The molecule has 0 radical (unpaired) electrons. The van der Waals surface area contributed by atoms with Gasteiger partial charge in [-0.3, -0.25) is 0 Å². The number of hydrogen-bond acceptors (Lipinski definition) is 2. The van der Waals surface area contributed by atoms with Crippen LogP contribution in [0.25, 0.3) is 0 Å². The summed E-state index contributed by atoms with van der Waals surface area (Å²) in [4.78, 5) is 0. The highest BCUT2D eigenvalue weighted by molar-refractivity contribution is 7.80. The summed E-state index contributed by atoms with van der Waals surface area (Å²) in [6.45, 7) is 0.749. The molecule has 14 heavy (non-hydrogen) atoms. The molecule has 1 atom stereocenters. The minimum atomic E-state index is 0.303. The second kappa shape index (κ2) is 3.75. The summed E-state index contributed by atoms with van der Waals surface area (Å²) >= 11 is 4.85. The summed E-state index contributed by atoms with van der Waals surface area (Å²) in [6.07, 6.45) is 1.88. The lowest BCUT2D eigenvalue weighted by Gasteiger charge is -2.13. The van der Waals surface area contributed by atoms with Crippen LogP contribution in [0.5, 0.6) is 0 Å². The lowest BCUT2D eigenvalue weighted by atomic mass is 10.0. The lowest BCUT2D eigenvalue weighted by Crippen LogP contribution is -2.30. The van der Waals surface area contributed by atoms with Gasteiger partial charge in [0.25, 0.3) is 0 Å². The van der Waals surface area contributed by atoms with E-state index in [1.165, 1.54) is 5.56 Å². The molecule has 0 amide bonds. The van der Waals surface area contributed by atoms with Crippen molar-refractivity contribution >= 4 is 23.5 Å². The van der Waals surface area contributed by atoms with Gasteiger partial charge in [0.15, 0.2) is 5.11 Å². The maximum absolute atomic E-state index is 5.48. The Hall–Kier alpha value is -1.42. The number of benzene rings is 1. The first-order chi connectivity index (χ1) is 6.77. The Morgan fingerprint density at radius 2 is 2.14 bits per heavy atom. The molecule has 2 rings (SSSR count). The average Bonchev–Trinajstić information content (AvgIpc) is 2.68. The summed E-state index contributed by atoms with van der Waals surface area (Å²) in [5, 5.41) is 6.11. The summed E-state index contributed by atoms with van der Waals surface area (Å²) in [5.74, 6) is 0.303. The highest BCUT2D eigenvalue weighted by Gasteiger charge is 2.20. The molecule has 1 unspecified atom stereocenters. The van der Waals surface area contributed by atoms with E-state index in [1.54, 1.807) is 5.01 Å². The molecule has 0 spiro atoms. The third-order valence-corrected chi connectivity index (χ3v) is 2.45. The first-order valence-electron chi connectivity index (χ1n) is 4.43. The standard InChI is InChI=1S/C10H11N3S/c11-10(14)13-7-9(6-12-13)8-4-2-1-3-5-8/h1-6,9H,7H2,(H2,11,14). The molecule has 0 aliphatic carbocycles. The fourth-order valence-corrected chi connectivity index (χ4v) is 1.60. The van der Waals surface area contributed by atoms with Crippen LogP contribution in [0.4, 0.5) is 0 Å². The molecule has 1 aromatic rings. The molecule has 0 aromatic heterocycles. The minimum Gasteiger partial charge on any atom is -0.375 e. The molecule has 1 heterocycles. The molecule has 0 fully saturated rings. The highest BCUT2D eigenvalue weighted by Crippen LogP contribution is 2.19. The van der Waals surface area contributed by atoms with Gasteiger partial charge in [0.1, 0.15) is 0 Å². The predicted molar refractivity (Wildman–Crippen MR) is 61.2 cm³/mol. The van der Waals surface area contributed by atoms with Gasteiger partial charge in [0, 0.05) is 12.1 Å². The number of nitrogens with two attached hydrogens (primary N) is 1. The van der Waals surface area contributed by atoms with Crippen LogP contribution in [0.3, 0.4) is 0 Å². The molecule has 3 nitrogen and oxygen atoms in total. The monoisotopic (exact) mass is 205 g/mol. The van der Waals surface area contributed by atoms with E-state index >= 15 is 0 Å². The largest absolute Gasteiger partial charge is 0.375 e. The van der Waals surface area contributed by atoms with Crippen molar-refractivity contribution in [3.8, 4) is 0 Å². The van der Waals surface area contributed by atoms with Gasteiger partial charge in [-0.05, 0) is 17.8 Å². The zero-order valence-electron chi connectivity index (χ0n) is 7.63. The molecular weight excluding hydrogens is 194 g/mol. The van der Waals surface area contributed by atoms with Crippen molar-refractivity contribution in [3.63, 3.8) is 0 Å². The van der Waals surface area contributed by atoms with E-state index in [0.29, 0.717) is 11.0 Å². The van der Waals surface area contributed by atoms with Crippen molar-refractivity contribution in [2.75, 3.05) is 6.54 Å². The quantitative estimate of drug-likeness (QED) is 0.703. The molecule has 0 saturated heterocycles. The van der Waals surface area contributed by atoms with Gasteiger partial charge in [-0.25, -0.2) is 5.01 Å². The van der Waals surface area contributed by atoms with E-state index in [-0.39, 0.29) is 0 Å². The third kappa shape index (κ3) is 1.75. The molecule has 0 saturated carbocycles. The normalized spacial score (nSPS) is 20.0. The van der Waals surface area contributed by atoms with Crippen molar-refractivity contribution in [3.05, 3.63) is 35.9 Å². The molecule has 1 aromatic carbocycles. The first kappa shape index (κ1) is 9.15. The number of hydrazone groups is 1. The SMILES string of the molecule is NC(=S)N1CC(c2ccccc2)C=N1. The van der Waals surface area contributed by atoms with E-state index in [0.717, 1.165) is 6.54 Å². The fourth-order valence-electron chi connectivity index (χ4n) is 1.48. The molecule has 4 heteroatoms. The van der Waals surface area contributed by atoms with Crippen LogP contribution in [0.15, 0.2) is 35.4 Å². The Labute approximate surface area is 88.2 Å². The van der Waals surface area contributed by atoms with E-state index in [4.69, 9.17) is 18.0 Å². The van der Waals surface area contributed by atoms with Crippen LogP contribution < -0.4 is 5.73 Å². The third-order valence-electron chi connectivity index (χ3n) is 2.24. The topological polar surface area (TPSA) is 41.6 Å². The summed E-state index contributed by atoms with van der Waals surface area (Å²) in [7, 11) is 0. The Morgan fingerprint density at radius 3 is 2.71 bits per heavy atom. The zero-order valence-corrected chi connectivity index (χ0v) is 8.45. The van der Waals surface area contributed by atoms with E-state index in [1.807, 2.05) is 24.4 Å². The minimum absolute atomic E-state index is 0.303. The second-order valence-corrected chi connectivity index (χ2v) is 3.62. The molecule has 0 bridgehead atoms. The number of thiocarbonyl (C=S) groups is 1. The van der Waals surface area contributed by atoms with E-state index < -0.39 is 0 Å². The van der Waals surface area contributed by atoms with Crippen LogP contribution >= 0.6 is 12.2 Å². The van der Waals surface area contributed by atoms with Crippen LogP contribution in [0, 0.1) is 0 Å². The van der Waals surface area contributed by atoms with Gasteiger partial charge in [-0.1, -0.05) is 30.3 Å². The van der Waals surface area contributed by atoms with Crippen molar-refractivity contribution in [2.45, 2.75) is 5.92 Å². The van der Waals surface area contributed by atoms with Crippen LogP contribution in [0.1, 0.15) is 11.5 Å². The summed E-state index contributed by atoms with van der Waals surface area (Å²) in [6, 6.07) is 10.2. The Kier molecular flexibility index (Phi) is 2.45. The van der Waals surface area contributed by atoms with Crippen molar-refractivity contribution in [1.82, 2.24) is 5.01 Å². The predicted octanol–water partition coefficient (Wildman–Crippen LogP) is 1.32. The summed E-state index contributed by atoms with van der Waals surface area (Å²) < 4.78 is 0. The van der Waals surface area contributed by atoms with Gasteiger partial charge in [0.05, 0.1) is 6.54 Å². The molecular formula is C10H11N3S. The average molecular weight is 205 g/mol. The summed E-state index contributed by atoms with van der Waals surface area (Å²) in [5.41, 5.74) is 6.73. The van der Waals surface area contributed by atoms with Crippen LogP contribution in [0.2, 0.25) is 0 Å². The number of nitrogens with zero attached hydrogens (tertiary/aromatic N) is 2. The Bertz CT molecular complexity index is 361. The van der Waals surface area contributed by atoms with Crippen LogP contribution in [-0.4, -0.2) is 22.9 Å².